The van der Waals surface area contributed by atoms with Crippen molar-refractivity contribution in [2.24, 2.45) is 7.05 Å². The number of nitrogens with zero attached hydrogens (tertiary/aromatic N) is 2. The second-order valence-electron chi connectivity index (χ2n) is 4.72. The van der Waals surface area contributed by atoms with Crippen LogP contribution in [0.4, 0.5) is 0 Å². The van der Waals surface area contributed by atoms with E-state index in [0.29, 0.717) is 22.1 Å². The number of methoxy groups -OCH3 is 1. The van der Waals surface area contributed by atoms with Crippen LogP contribution in [-0.2, 0) is 11.8 Å². The van der Waals surface area contributed by atoms with Crippen LogP contribution in [0.15, 0.2) is 42.6 Å². The van der Waals surface area contributed by atoms with E-state index >= 15 is 0 Å². The van der Waals surface area contributed by atoms with Crippen LogP contribution >= 0.6 is 11.6 Å². The van der Waals surface area contributed by atoms with Crippen LogP contribution in [0.5, 0.6) is 11.5 Å². The molecule has 0 fully saturated rings. The number of hydrogen-bond donors (Lipinski definition) is 0. The lowest BCUT2D eigenvalue weighted by Crippen LogP contribution is -2.04. The summed E-state index contributed by atoms with van der Waals surface area (Å²) in [4.78, 5) is 12.0. The van der Waals surface area contributed by atoms with Crippen molar-refractivity contribution >= 4 is 28.5 Å². The van der Waals surface area contributed by atoms with Crippen LogP contribution in [0.3, 0.4) is 0 Å². The first kappa shape index (κ1) is 14.4. The number of aryl methyl sites for hydroxylation is 1. The van der Waals surface area contributed by atoms with E-state index in [4.69, 9.17) is 21.1 Å². The van der Waals surface area contributed by atoms with Gasteiger partial charge in [-0.1, -0.05) is 11.6 Å². The van der Waals surface area contributed by atoms with Gasteiger partial charge in [-0.3, -0.25) is 4.68 Å². The predicted octanol–water partition coefficient (Wildman–Crippen LogP) is 3.81. The number of halogens is 1. The first-order valence-corrected chi connectivity index (χ1v) is 6.94. The number of carbonyl (C=O) groups excluding carboxylic acids is 1. The topological polar surface area (TPSA) is 53.3 Å². The third kappa shape index (κ3) is 2.63. The SMILES string of the molecule is COC(=O)c1cc2cnn(C)c2cc1Oc1ccc(Cl)cc1. The van der Waals surface area contributed by atoms with Crippen molar-refractivity contribution in [1.29, 1.82) is 0 Å². The molecule has 0 aliphatic carbocycles. The number of esters is 1. The zero-order chi connectivity index (χ0) is 15.7. The van der Waals surface area contributed by atoms with Gasteiger partial charge in [-0.2, -0.15) is 5.10 Å². The first-order chi connectivity index (χ1) is 10.6. The number of hydrogen-bond acceptors (Lipinski definition) is 4. The van der Waals surface area contributed by atoms with Gasteiger partial charge in [-0.05, 0) is 30.3 Å². The molecule has 0 N–H and O–H groups in total. The molecule has 0 spiro atoms. The highest BCUT2D eigenvalue weighted by atomic mass is 35.5. The van der Waals surface area contributed by atoms with Crippen molar-refractivity contribution in [3.8, 4) is 11.5 Å². The van der Waals surface area contributed by atoms with Gasteiger partial charge < -0.3 is 9.47 Å². The third-order valence-electron chi connectivity index (χ3n) is 3.29. The Hall–Kier alpha value is -2.53. The van der Waals surface area contributed by atoms with Gasteiger partial charge in [0.05, 0.1) is 18.8 Å². The molecule has 0 amide bonds. The molecule has 2 aromatic carbocycles. The monoisotopic (exact) mass is 316 g/mol. The van der Waals surface area contributed by atoms with Gasteiger partial charge >= 0.3 is 5.97 Å². The van der Waals surface area contributed by atoms with Gasteiger partial charge in [0.2, 0.25) is 0 Å². The van der Waals surface area contributed by atoms with E-state index in [9.17, 15) is 4.79 Å². The quantitative estimate of drug-likeness (QED) is 0.690. The molecule has 22 heavy (non-hydrogen) atoms. The van der Waals surface area contributed by atoms with Gasteiger partial charge in [0, 0.05) is 23.5 Å². The maximum Gasteiger partial charge on any atom is 0.341 e. The summed E-state index contributed by atoms with van der Waals surface area (Å²) in [7, 11) is 3.16. The highest BCUT2D eigenvalue weighted by molar-refractivity contribution is 6.30. The number of aromatic nitrogens is 2. The third-order valence-corrected chi connectivity index (χ3v) is 3.55. The van der Waals surface area contributed by atoms with E-state index in [1.165, 1.54) is 7.11 Å². The number of rotatable bonds is 3. The van der Waals surface area contributed by atoms with Crippen molar-refractivity contribution in [3.05, 3.63) is 53.2 Å². The molecule has 0 aliphatic heterocycles. The molecule has 1 aromatic heterocycles. The van der Waals surface area contributed by atoms with Crippen LogP contribution in [0.25, 0.3) is 10.9 Å². The summed E-state index contributed by atoms with van der Waals surface area (Å²) in [6.07, 6.45) is 1.69. The normalized spacial score (nSPS) is 10.7. The average Bonchev–Trinajstić information content (AvgIpc) is 2.89. The summed E-state index contributed by atoms with van der Waals surface area (Å²) in [5.41, 5.74) is 1.20. The summed E-state index contributed by atoms with van der Waals surface area (Å²) in [6.45, 7) is 0. The highest BCUT2D eigenvalue weighted by Gasteiger charge is 2.17. The van der Waals surface area contributed by atoms with E-state index in [1.807, 2.05) is 7.05 Å². The summed E-state index contributed by atoms with van der Waals surface area (Å²) in [5, 5.41) is 5.63. The molecule has 3 rings (SSSR count). The molecule has 1 heterocycles. The second-order valence-corrected chi connectivity index (χ2v) is 5.16. The van der Waals surface area contributed by atoms with Crippen molar-refractivity contribution in [2.75, 3.05) is 7.11 Å². The Kier molecular flexibility index (Phi) is 3.73. The van der Waals surface area contributed by atoms with Crippen molar-refractivity contribution in [1.82, 2.24) is 9.78 Å². The Morgan fingerprint density at radius 2 is 1.95 bits per heavy atom. The van der Waals surface area contributed by atoms with E-state index in [-0.39, 0.29) is 0 Å². The molecule has 6 heteroatoms. The Morgan fingerprint density at radius 1 is 1.23 bits per heavy atom. The van der Waals surface area contributed by atoms with Crippen LogP contribution in [0.2, 0.25) is 5.02 Å². The minimum Gasteiger partial charge on any atom is -0.465 e. The van der Waals surface area contributed by atoms with Gasteiger partial charge in [0.15, 0.2) is 0 Å². The Morgan fingerprint density at radius 3 is 2.64 bits per heavy atom. The van der Waals surface area contributed by atoms with E-state index < -0.39 is 5.97 Å². The minimum absolute atomic E-state index is 0.345. The first-order valence-electron chi connectivity index (χ1n) is 6.56. The molecule has 112 valence electrons. The van der Waals surface area contributed by atoms with Gasteiger partial charge in [-0.25, -0.2) is 4.79 Å². The van der Waals surface area contributed by atoms with E-state index in [2.05, 4.69) is 5.10 Å². The van der Waals surface area contributed by atoms with Crippen LogP contribution < -0.4 is 4.74 Å². The summed E-state index contributed by atoms with van der Waals surface area (Å²) in [5.74, 6) is 0.524. The van der Waals surface area contributed by atoms with Crippen molar-refractivity contribution in [2.45, 2.75) is 0 Å². The zero-order valence-electron chi connectivity index (χ0n) is 12.0. The molecular formula is C16H13ClN2O3. The van der Waals surface area contributed by atoms with Gasteiger partial charge in [0.1, 0.15) is 17.1 Å². The molecule has 3 aromatic rings. The standard InChI is InChI=1S/C16H13ClN2O3/c1-19-14-8-15(22-12-5-3-11(17)4-6-12)13(16(20)21-2)7-10(14)9-18-19/h3-9H,1-2H3. The lowest BCUT2D eigenvalue weighted by Gasteiger charge is -2.11. The van der Waals surface area contributed by atoms with Crippen molar-refractivity contribution < 1.29 is 14.3 Å². The average molecular weight is 317 g/mol. The zero-order valence-corrected chi connectivity index (χ0v) is 12.8. The minimum atomic E-state index is -0.463. The van der Waals surface area contributed by atoms with Crippen molar-refractivity contribution in [3.63, 3.8) is 0 Å². The Labute approximate surface area is 132 Å². The maximum absolute atomic E-state index is 12.0. The number of carbonyl (C=O) groups is 1. The summed E-state index contributed by atoms with van der Waals surface area (Å²) < 4.78 is 12.4. The number of ether oxygens (including phenoxy) is 2. The summed E-state index contributed by atoms with van der Waals surface area (Å²) in [6, 6.07) is 10.4. The lowest BCUT2D eigenvalue weighted by atomic mass is 10.1. The van der Waals surface area contributed by atoms with E-state index in [1.54, 1.807) is 47.3 Å². The lowest BCUT2D eigenvalue weighted by molar-refractivity contribution is 0.0598. The van der Waals surface area contributed by atoms with Crippen LogP contribution in [0.1, 0.15) is 10.4 Å². The molecule has 0 saturated carbocycles. The number of benzene rings is 2. The maximum atomic E-state index is 12.0. The van der Waals surface area contributed by atoms with E-state index in [0.717, 1.165) is 10.9 Å². The second kappa shape index (κ2) is 5.69. The fourth-order valence-electron chi connectivity index (χ4n) is 2.16. The van der Waals surface area contributed by atoms with Crippen LogP contribution in [-0.4, -0.2) is 22.9 Å². The smallest absolute Gasteiger partial charge is 0.341 e. The molecule has 0 saturated heterocycles. The molecule has 0 radical (unpaired) electrons. The molecule has 0 aliphatic rings. The predicted molar refractivity (Wildman–Crippen MR) is 83.6 cm³/mol. The highest BCUT2D eigenvalue weighted by Crippen LogP contribution is 2.31. The number of fused-ring (bicyclic) bond motifs is 1. The van der Waals surface area contributed by atoms with Gasteiger partial charge in [0.25, 0.3) is 0 Å². The van der Waals surface area contributed by atoms with Gasteiger partial charge in [-0.15, -0.1) is 0 Å². The molecule has 0 atom stereocenters. The molecular weight excluding hydrogens is 304 g/mol. The van der Waals surface area contributed by atoms with Crippen LogP contribution in [0, 0.1) is 0 Å². The molecule has 0 unspecified atom stereocenters. The fourth-order valence-corrected chi connectivity index (χ4v) is 2.29. The summed E-state index contributed by atoms with van der Waals surface area (Å²) >= 11 is 5.86. The fraction of sp³-hybridized carbons (Fsp3) is 0.125. The molecule has 5 nitrogen and oxygen atoms in total. The largest absolute Gasteiger partial charge is 0.465 e. The Bertz CT molecular complexity index is 840. The Balaban J connectivity index is 2.10. The molecule has 0 bridgehead atoms.